The third-order valence-electron chi connectivity index (χ3n) is 2.13. The van der Waals surface area contributed by atoms with Crippen molar-refractivity contribution in [2.24, 2.45) is 5.16 Å². The van der Waals surface area contributed by atoms with Gasteiger partial charge in [0.2, 0.25) is 0 Å². The van der Waals surface area contributed by atoms with Gasteiger partial charge in [0.05, 0.1) is 11.1 Å². The van der Waals surface area contributed by atoms with Gasteiger partial charge in [-0.1, -0.05) is 24.4 Å². The first-order valence-corrected chi connectivity index (χ1v) is 4.63. The lowest BCUT2D eigenvalue weighted by atomic mass is 9.99. The van der Waals surface area contributed by atoms with Crippen molar-refractivity contribution in [2.45, 2.75) is 43.9 Å². The molecular formula is C8H14ClNO. The standard InChI is InChI=1S/C8H14ClNO/c9-7-5-3-1-2-4-6-8(7)10-11/h7,11H,1-6H2/b10-8-. The molecule has 0 heterocycles. The molecule has 0 radical (unpaired) electrons. The Bertz CT molecular complexity index is 147. The molecule has 1 N–H and O–H groups in total. The summed E-state index contributed by atoms with van der Waals surface area (Å²) in [5.41, 5.74) is 0.770. The molecule has 0 amide bonds. The van der Waals surface area contributed by atoms with Crippen LogP contribution in [0.3, 0.4) is 0 Å². The van der Waals surface area contributed by atoms with Gasteiger partial charge in [-0.3, -0.25) is 0 Å². The fraction of sp³-hybridized carbons (Fsp3) is 0.875. The number of rotatable bonds is 0. The summed E-state index contributed by atoms with van der Waals surface area (Å²) in [6.07, 6.45) is 6.60. The van der Waals surface area contributed by atoms with E-state index in [1.54, 1.807) is 0 Å². The third kappa shape index (κ3) is 2.70. The second-order valence-electron chi connectivity index (χ2n) is 3.01. The Balaban J connectivity index is 2.46. The van der Waals surface area contributed by atoms with Gasteiger partial charge in [0, 0.05) is 0 Å². The van der Waals surface area contributed by atoms with Crippen LogP contribution in [0.25, 0.3) is 0 Å². The average molecular weight is 176 g/mol. The van der Waals surface area contributed by atoms with Crippen molar-refractivity contribution >= 4 is 17.3 Å². The van der Waals surface area contributed by atoms with Crippen LogP contribution in [0, 0.1) is 0 Å². The summed E-state index contributed by atoms with van der Waals surface area (Å²) in [5, 5.41) is 11.8. The first-order chi connectivity index (χ1) is 5.34. The molecular weight excluding hydrogens is 162 g/mol. The first-order valence-electron chi connectivity index (χ1n) is 4.19. The van der Waals surface area contributed by atoms with Gasteiger partial charge in [-0.05, 0) is 19.3 Å². The number of alkyl halides is 1. The summed E-state index contributed by atoms with van der Waals surface area (Å²) in [5.74, 6) is 0. The number of nitrogens with zero attached hydrogens (tertiary/aromatic N) is 1. The molecule has 11 heavy (non-hydrogen) atoms. The summed E-state index contributed by atoms with van der Waals surface area (Å²) < 4.78 is 0. The van der Waals surface area contributed by atoms with Crippen LogP contribution in [0.1, 0.15) is 38.5 Å². The van der Waals surface area contributed by atoms with Gasteiger partial charge in [0.15, 0.2) is 0 Å². The maximum absolute atomic E-state index is 8.58. The van der Waals surface area contributed by atoms with Crippen molar-refractivity contribution < 1.29 is 5.21 Å². The van der Waals surface area contributed by atoms with Gasteiger partial charge in [-0.25, -0.2) is 0 Å². The van der Waals surface area contributed by atoms with Gasteiger partial charge < -0.3 is 5.21 Å². The highest BCUT2D eigenvalue weighted by Gasteiger charge is 2.15. The van der Waals surface area contributed by atoms with Gasteiger partial charge in [0.25, 0.3) is 0 Å². The quantitative estimate of drug-likeness (QED) is 0.343. The summed E-state index contributed by atoms with van der Waals surface area (Å²) in [4.78, 5) is 0. The van der Waals surface area contributed by atoms with E-state index in [0.717, 1.165) is 31.4 Å². The van der Waals surface area contributed by atoms with Crippen molar-refractivity contribution in [1.29, 1.82) is 0 Å². The monoisotopic (exact) mass is 175 g/mol. The first kappa shape index (κ1) is 8.85. The lowest BCUT2D eigenvalue weighted by Crippen LogP contribution is -2.16. The molecule has 3 heteroatoms. The molecule has 64 valence electrons. The largest absolute Gasteiger partial charge is 0.411 e. The molecule has 1 unspecified atom stereocenters. The maximum Gasteiger partial charge on any atom is 0.0751 e. The van der Waals surface area contributed by atoms with Crippen LogP contribution >= 0.6 is 11.6 Å². The molecule has 1 rings (SSSR count). The van der Waals surface area contributed by atoms with E-state index >= 15 is 0 Å². The maximum atomic E-state index is 8.58. The normalized spacial score (nSPS) is 31.4. The number of oxime groups is 1. The number of halogens is 1. The van der Waals surface area contributed by atoms with Crippen LogP contribution in [0.2, 0.25) is 0 Å². The molecule has 0 aromatic heterocycles. The molecule has 0 bridgehead atoms. The second-order valence-corrected chi connectivity index (χ2v) is 3.54. The molecule has 0 aromatic carbocycles. The summed E-state index contributed by atoms with van der Waals surface area (Å²) in [7, 11) is 0. The van der Waals surface area contributed by atoms with Crippen LogP contribution < -0.4 is 0 Å². The Labute approximate surface area is 72.2 Å². The number of hydrogen-bond acceptors (Lipinski definition) is 2. The van der Waals surface area contributed by atoms with Gasteiger partial charge in [-0.15, -0.1) is 11.6 Å². The lowest BCUT2D eigenvalue weighted by molar-refractivity contribution is 0.315. The predicted octanol–water partition coefficient (Wildman–Crippen LogP) is 2.78. The van der Waals surface area contributed by atoms with E-state index in [9.17, 15) is 0 Å². The third-order valence-corrected chi connectivity index (χ3v) is 2.60. The second kappa shape index (κ2) is 4.60. The fourth-order valence-electron chi connectivity index (χ4n) is 1.42. The molecule has 1 fully saturated rings. The molecule has 1 saturated carbocycles. The highest BCUT2D eigenvalue weighted by molar-refractivity contribution is 6.32. The SMILES string of the molecule is O/N=C1/CCCCCCC1Cl. The van der Waals surface area contributed by atoms with Gasteiger partial charge in [0.1, 0.15) is 0 Å². The Morgan fingerprint density at radius 2 is 2.00 bits per heavy atom. The minimum atomic E-state index is -0.0275. The Kier molecular flexibility index (Phi) is 3.70. The molecule has 1 atom stereocenters. The van der Waals surface area contributed by atoms with Crippen LogP contribution in [0.15, 0.2) is 5.16 Å². The Hall–Kier alpha value is -0.240. The topological polar surface area (TPSA) is 32.6 Å². The molecule has 0 spiro atoms. The van der Waals surface area contributed by atoms with Crippen LogP contribution in [0.5, 0.6) is 0 Å². The minimum Gasteiger partial charge on any atom is -0.411 e. The average Bonchev–Trinajstić information content (AvgIpc) is 1.98. The van der Waals surface area contributed by atoms with E-state index in [-0.39, 0.29) is 5.38 Å². The van der Waals surface area contributed by atoms with Crippen LogP contribution in [0.4, 0.5) is 0 Å². The van der Waals surface area contributed by atoms with Gasteiger partial charge >= 0.3 is 0 Å². The zero-order valence-corrected chi connectivity index (χ0v) is 7.35. The van der Waals surface area contributed by atoms with Crippen LogP contribution in [-0.4, -0.2) is 16.3 Å². The molecule has 0 aliphatic heterocycles. The van der Waals surface area contributed by atoms with Crippen molar-refractivity contribution in [3.05, 3.63) is 0 Å². The molecule has 1 aliphatic rings. The van der Waals surface area contributed by atoms with E-state index in [1.807, 2.05) is 0 Å². The lowest BCUT2D eigenvalue weighted by Gasteiger charge is -2.14. The smallest absolute Gasteiger partial charge is 0.0751 e. The van der Waals surface area contributed by atoms with E-state index in [2.05, 4.69) is 5.16 Å². The van der Waals surface area contributed by atoms with Crippen molar-refractivity contribution in [1.82, 2.24) is 0 Å². The summed E-state index contributed by atoms with van der Waals surface area (Å²) in [6.45, 7) is 0. The van der Waals surface area contributed by atoms with E-state index < -0.39 is 0 Å². The highest BCUT2D eigenvalue weighted by Crippen LogP contribution is 2.19. The Morgan fingerprint density at radius 1 is 1.27 bits per heavy atom. The van der Waals surface area contributed by atoms with E-state index in [1.165, 1.54) is 12.8 Å². The fourth-order valence-corrected chi connectivity index (χ4v) is 1.73. The predicted molar refractivity (Wildman–Crippen MR) is 46.6 cm³/mol. The zero-order chi connectivity index (χ0) is 8.10. The minimum absolute atomic E-state index is 0.0275. The molecule has 0 aromatic rings. The molecule has 0 saturated heterocycles. The van der Waals surface area contributed by atoms with Crippen molar-refractivity contribution in [3.63, 3.8) is 0 Å². The zero-order valence-electron chi connectivity index (χ0n) is 6.59. The van der Waals surface area contributed by atoms with Gasteiger partial charge in [-0.2, -0.15) is 0 Å². The summed E-state index contributed by atoms with van der Waals surface area (Å²) >= 11 is 5.97. The highest BCUT2D eigenvalue weighted by atomic mass is 35.5. The van der Waals surface area contributed by atoms with Crippen molar-refractivity contribution in [2.75, 3.05) is 0 Å². The number of hydrogen-bond donors (Lipinski definition) is 1. The molecule has 2 nitrogen and oxygen atoms in total. The Morgan fingerprint density at radius 3 is 2.73 bits per heavy atom. The van der Waals surface area contributed by atoms with Crippen molar-refractivity contribution in [3.8, 4) is 0 Å². The summed E-state index contributed by atoms with van der Waals surface area (Å²) in [6, 6.07) is 0. The van der Waals surface area contributed by atoms with E-state index in [4.69, 9.17) is 16.8 Å². The van der Waals surface area contributed by atoms with Crippen LogP contribution in [-0.2, 0) is 0 Å². The van der Waals surface area contributed by atoms with E-state index in [0.29, 0.717) is 0 Å². The molecule has 1 aliphatic carbocycles.